The fourth-order valence-electron chi connectivity index (χ4n) is 5.69. The summed E-state index contributed by atoms with van der Waals surface area (Å²) >= 11 is 0. The lowest BCUT2D eigenvalue weighted by Crippen LogP contribution is -2.52. The SMILES string of the molecule is N#C[C@@H]1C[C@@]2(CN1C(=O)[C@H](CC1CC1)NC(=O)C1CCC(F)(F)CC1)C(=O)Nc1ccccc12. The van der Waals surface area contributed by atoms with Crippen LogP contribution in [0.2, 0.25) is 0 Å². The summed E-state index contributed by atoms with van der Waals surface area (Å²) in [4.78, 5) is 41.0. The molecule has 1 saturated heterocycles. The van der Waals surface area contributed by atoms with Gasteiger partial charge >= 0.3 is 0 Å². The number of likely N-dealkylation sites (tertiary alicyclic amines) is 1. The summed E-state index contributed by atoms with van der Waals surface area (Å²) in [5, 5.41) is 15.5. The van der Waals surface area contributed by atoms with E-state index in [0.717, 1.165) is 18.4 Å². The number of nitriles is 1. The van der Waals surface area contributed by atoms with Gasteiger partial charge in [0.25, 0.3) is 0 Å². The molecule has 2 aliphatic heterocycles. The second-order valence-corrected chi connectivity index (χ2v) is 10.3. The number of alkyl halides is 2. The van der Waals surface area contributed by atoms with Crippen molar-refractivity contribution in [2.75, 3.05) is 11.9 Å². The largest absolute Gasteiger partial charge is 0.344 e. The molecule has 1 aromatic carbocycles. The number of carbonyl (C=O) groups excluding carboxylic acids is 3. The van der Waals surface area contributed by atoms with E-state index in [0.29, 0.717) is 18.0 Å². The van der Waals surface area contributed by atoms with Crippen molar-refractivity contribution in [2.24, 2.45) is 11.8 Å². The first-order valence-corrected chi connectivity index (χ1v) is 12.0. The maximum absolute atomic E-state index is 13.7. The number of benzene rings is 1. The third-order valence-electron chi connectivity index (χ3n) is 7.88. The first kappa shape index (κ1) is 22.8. The number of nitrogens with zero attached hydrogens (tertiary/aromatic N) is 2. The van der Waals surface area contributed by atoms with Crippen molar-refractivity contribution in [3.8, 4) is 6.07 Å². The molecular formula is C25H28F2N4O3. The molecule has 180 valence electrons. The predicted molar refractivity (Wildman–Crippen MR) is 119 cm³/mol. The van der Waals surface area contributed by atoms with E-state index < -0.39 is 29.3 Å². The molecule has 7 nitrogen and oxygen atoms in total. The highest BCUT2D eigenvalue weighted by molar-refractivity contribution is 6.07. The van der Waals surface area contributed by atoms with E-state index in [2.05, 4.69) is 16.7 Å². The number of para-hydroxylation sites is 1. The van der Waals surface area contributed by atoms with Crippen LogP contribution < -0.4 is 10.6 Å². The number of hydrogen-bond donors (Lipinski definition) is 2. The van der Waals surface area contributed by atoms with Gasteiger partial charge in [-0.15, -0.1) is 0 Å². The van der Waals surface area contributed by atoms with E-state index in [1.807, 2.05) is 18.2 Å². The van der Waals surface area contributed by atoms with Gasteiger partial charge in [-0.25, -0.2) is 8.78 Å². The Hall–Kier alpha value is -3.02. The first-order chi connectivity index (χ1) is 16.2. The normalized spacial score (nSPS) is 28.8. The standard InChI is InChI=1S/C25H28F2N4O3/c26-25(27)9-7-16(8-10-25)21(32)29-20(11-15-5-6-15)22(33)31-14-24(12-17(31)13-28)18-3-1-2-4-19(18)30-23(24)34/h1-4,15-17,20H,5-12,14H2,(H,29,32)(H,30,34)/t17-,20-,24-/m0/s1. The Morgan fingerprint density at radius 1 is 1.21 bits per heavy atom. The zero-order valence-electron chi connectivity index (χ0n) is 18.9. The van der Waals surface area contributed by atoms with Gasteiger partial charge < -0.3 is 15.5 Å². The summed E-state index contributed by atoms with van der Waals surface area (Å²) in [7, 11) is 0. The van der Waals surface area contributed by atoms with Crippen molar-refractivity contribution in [1.82, 2.24) is 10.2 Å². The van der Waals surface area contributed by atoms with Crippen molar-refractivity contribution < 1.29 is 23.2 Å². The lowest BCUT2D eigenvalue weighted by Gasteiger charge is -2.31. The molecule has 2 N–H and O–H groups in total. The van der Waals surface area contributed by atoms with Crippen LogP contribution in [0.3, 0.4) is 0 Å². The summed E-state index contributed by atoms with van der Waals surface area (Å²) in [6.07, 6.45) is 2.12. The highest BCUT2D eigenvalue weighted by Crippen LogP contribution is 2.46. The smallest absolute Gasteiger partial charge is 0.248 e. The molecule has 0 aromatic heterocycles. The van der Waals surface area contributed by atoms with Crippen LogP contribution >= 0.6 is 0 Å². The van der Waals surface area contributed by atoms with Crippen LogP contribution in [0.4, 0.5) is 14.5 Å². The Morgan fingerprint density at radius 3 is 2.59 bits per heavy atom. The fourth-order valence-corrected chi connectivity index (χ4v) is 5.69. The molecule has 2 saturated carbocycles. The minimum absolute atomic E-state index is 0.0690. The lowest BCUT2D eigenvalue weighted by molar-refractivity contribution is -0.139. The van der Waals surface area contributed by atoms with Crippen molar-refractivity contribution >= 4 is 23.4 Å². The van der Waals surface area contributed by atoms with Crippen LogP contribution in [-0.4, -0.2) is 47.2 Å². The van der Waals surface area contributed by atoms with Gasteiger partial charge in [0.2, 0.25) is 23.6 Å². The molecule has 0 unspecified atom stereocenters. The maximum Gasteiger partial charge on any atom is 0.248 e. The maximum atomic E-state index is 13.7. The van der Waals surface area contributed by atoms with Gasteiger partial charge in [-0.05, 0) is 36.8 Å². The summed E-state index contributed by atoms with van der Waals surface area (Å²) < 4.78 is 27.1. The van der Waals surface area contributed by atoms with E-state index in [4.69, 9.17) is 0 Å². The molecule has 3 amide bonds. The topological polar surface area (TPSA) is 102 Å². The third kappa shape index (κ3) is 4.04. The van der Waals surface area contributed by atoms with Gasteiger partial charge in [0.15, 0.2) is 0 Å². The van der Waals surface area contributed by atoms with E-state index >= 15 is 0 Å². The monoisotopic (exact) mass is 470 g/mol. The molecule has 3 fully saturated rings. The molecule has 9 heteroatoms. The van der Waals surface area contributed by atoms with E-state index in [1.165, 1.54) is 4.90 Å². The fraction of sp³-hybridized carbons (Fsp3) is 0.600. The molecular weight excluding hydrogens is 442 g/mol. The Morgan fingerprint density at radius 2 is 1.91 bits per heavy atom. The number of nitrogens with one attached hydrogen (secondary N) is 2. The molecule has 0 radical (unpaired) electrons. The minimum Gasteiger partial charge on any atom is -0.344 e. The van der Waals surface area contributed by atoms with Crippen molar-refractivity contribution in [3.05, 3.63) is 29.8 Å². The summed E-state index contributed by atoms with van der Waals surface area (Å²) in [6.45, 7) is 0.0690. The van der Waals surface area contributed by atoms with Crippen LogP contribution in [0, 0.1) is 23.2 Å². The number of halogens is 2. The van der Waals surface area contributed by atoms with E-state index in [9.17, 15) is 28.4 Å². The van der Waals surface area contributed by atoms with Gasteiger partial charge in [0.05, 0.1) is 11.5 Å². The first-order valence-electron chi connectivity index (χ1n) is 12.0. The third-order valence-corrected chi connectivity index (χ3v) is 7.88. The number of rotatable bonds is 5. The Kier molecular flexibility index (Phi) is 5.58. The van der Waals surface area contributed by atoms with Crippen LogP contribution in [-0.2, 0) is 19.8 Å². The molecule has 3 atom stereocenters. The second kappa shape index (κ2) is 8.33. The molecule has 1 spiro atoms. The van der Waals surface area contributed by atoms with Crippen LogP contribution in [0.1, 0.15) is 56.9 Å². The van der Waals surface area contributed by atoms with Gasteiger partial charge in [-0.1, -0.05) is 31.0 Å². The molecule has 34 heavy (non-hydrogen) atoms. The Balaban J connectivity index is 1.35. The molecule has 5 rings (SSSR count). The Labute approximate surface area is 196 Å². The number of amides is 3. The molecule has 2 heterocycles. The average Bonchev–Trinajstić information content (AvgIpc) is 3.48. The van der Waals surface area contributed by atoms with E-state index in [1.54, 1.807) is 6.07 Å². The van der Waals surface area contributed by atoms with E-state index in [-0.39, 0.29) is 56.4 Å². The van der Waals surface area contributed by atoms with Gasteiger partial charge in [-0.2, -0.15) is 5.26 Å². The molecule has 1 aromatic rings. The van der Waals surface area contributed by atoms with Crippen LogP contribution in [0.5, 0.6) is 0 Å². The quantitative estimate of drug-likeness (QED) is 0.690. The number of hydrogen-bond acceptors (Lipinski definition) is 4. The predicted octanol–water partition coefficient (Wildman–Crippen LogP) is 3.11. The molecule has 4 aliphatic rings. The molecule has 0 bridgehead atoms. The number of anilines is 1. The van der Waals surface area contributed by atoms with Crippen molar-refractivity contribution in [1.29, 1.82) is 5.26 Å². The zero-order valence-corrected chi connectivity index (χ0v) is 18.9. The summed E-state index contributed by atoms with van der Waals surface area (Å²) in [5.41, 5.74) is 0.479. The van der Waals surface area contributed by atoms with Crippen molar-refractivity contribution in [3.63, 3.8) is 0 Å². The lowest BCUT2D eigenvalue weighted by atomic mass is 9.80. The number of fused-ring (bicyclic) bond motifs is 2. The van der Waals surface area contributed by atoms with Crippen molar-refractivity contribution in [2.45, 2.75) is 74.8 Å². The summed E-state index contributed by atoms with van der Waals surface area (Å²) in [5.74, 6) is -3.93. The molecule has 2 aliphatic carbocycles. The summed E-state index contributed by atoms with van der Waals surface area (Å²) in [6, 6.07) is 7.85. The van der Waals surface area contributed by atoms with Gasteiger partial charge in [-0.3, -0.25) is 14.4 Å². The van der Waals surface area contributed by atoms with Gasteiger partial charge in [0.1, 0.15) is 12.1 Å². The van der Waals surface area contributed by atoms with Gasteiger partial charge in [0, 0.05) is 37.4 Å². The highest BCUT2D eigenvalue weighted by atomic mass is 19.3. The second-order valence-electron chi connectivity index (χ2n) is 10.3. The Bertz CT molecular complexity index is 1060. The highest BCUT2D eigenvalue weighted by Gasteiger charge is 2.56. The average molecular weight is 471 g/mol. The number of carbonyl (C=O) groups is 3. The minimum atomic E-state index is -2.73. The van der Waals surface area contributed by atoms with Crippen LogP contribution in [0.25, 0.3) is 0 Å². The van der Waals surface area contributed by atoms with Crippen LogP contribution in [0.15, 0.2) is 24.3 Å². The zero-order chi connectivity index (χ0) is 24.1.